The summed E-state index contributed by atoms with van der Waals surface area (Å²) in [5.74, 6) is 0. The molecule has 2 aromatic heterocycles. The van der Waals surface area contributed by atoms with Crippen LogP contribution in [0.25, 0.3) is 71.9 Å². The summed E-state index contributed by atoms with van der Waals surface area (Å²) in [6, 6.07) is 64.9. The van der Waals surface area contributed by atoms with Gasteiger partial charge in [-0.25, -0.2) is 0 Å². The Bertz CT molecular complexity index is 3590. The maximum absolute atomic E-state index is 2.76. The summed E-state index contributed by atoms with van der Waals surface area (Å²) in [7, 11) is 0. The Balaban J connectivity index is 1.27. The highest BCUT2D eigenvalue weighted by atomic mass is 15.2. The molecule has 67 heavy (non-hydrogen) atoms. The minimum atomic E-state index is -0.116. The summed E-state index contributed by atoms with van der Waals surface area (Å²) in [5.41, 5.74) is 23.9. The fraction of sp³-hybridized carbons (Fsp3) is 0.206. The van der Waals surface area contributed by atoms with Gasteiger partial charge in [0.15, 0.2) is 0 Å². The summed E-state index contributed by atoms with van der Waals surface area (Å²) in [6.07, 6.45) is 0. The average molecular weight is 868 g/mol. The third-order valence-corrected chi connectivity index (χ3v) is 14.9. The largest absolute Gasteiger partial charge is 0.375 e. The van der Waals surface area contributed by atoms with Gasteiger partial charge in [0.25, 0.3) is 0 Å². The quantitative estimate of drug-likeness (QED) is 0.161. The van der Waals surface area contributed by atoms with Crippen molar-refractivity contribution >= 4 is 67.5 Å². The molecular formula is C63H58BN3. The number of hydrogen-bond donors (Lipinski definition) is 0. The number of para-hydroxylation sites is 2. The summed E-state index contributed by atoms with van der Waals surface area (Å²) >= 11 is 0. The summed E-state index contributed by atoms with van der Waals surface area (Å²) in [6.45, 7) is 23.3. The van der Waals surface area contributed by atoms with E-state index in [9.17, 15) is 0 Å². The SMILES string of the molecule is Cc1ccccc1-c1c(-c2ccccc2)n2c3c(cc(C(C)(C)C)cc13)-c1cc(C(C)(C)C)cc3c1B2c1ccc(-n2c4ccccc4c4ccccc42)cc1N3c1ccc(C(C)(C)C)cc1. The van der Waals surface area contributed by atoms with E-state index in [1.807, 2.05) is 0 Å². The van der Waals surface area contributed by atoms with Crippen molar-refractivity contribution in [3.05, 3.63) is 192 Å². The Morgan fingerprint density at radius 3 is 1.64 bits per heavy atom. The van der Waals surface area contributed by atoms with Gasteiger partial charge >= 0.3 is 6.85 Å². The first-order valence-electron chi connectivity index (χ1n) is 24.1. The molecular weight excluding hydrogens is 810 g/mol. The second-order valence-corrected chi connectivity index (χ2v) is 22.3. The van der Waals surface area contributed by atoms with Crippen LogP contribution in [0.4, 0.5) is 17.1 Å². The normalized spacial score (nSPS) is 13.5. The highest BCUT2D eigenvalue weighted by Crippen LogP contribution is 2.52. The molecule has 0 amide bonds. The molecule has 2 aliphatic heterocycles. The second-order valence-electron chi connectivity index (χ2n) is 22.3. The van der Waals surface area contributed by atoms with E-state index in [0.717, 1.165) is 11.4 Å². The Morgan fingerprint density at radius 2 is 1.00 bits per heavy atom. The summed E-state index contributed by atoms with van der Waals surface area (Å²) in [4.78, 5) is 2.60. The average Bonchev–Trinajstić information content (AvgIpc) is 3.83. The van der Waals surface area contributed by atoms with E-state index in [4.69, 9.17) is 0 Å². The smallest absolute Gasteiger partial charge is 0.333 e. The molecule has 12 rings (SSSR count). The lowest BCUT2D eigenvalue weighted by atomic mass is 9.44. The molecule has 0 radical (unpaired) electrons. The molecule has 0 spiro atoms. The van der Waals surface area contributed by atoms with Gasteiger partial charge in [-0.3, -0.25) is 0 Å². The van der Waals surface area contributed by atoms with Crippen molar-refractivity contribution in [2.24, 2.45) is 0 Å². The lowest BCUT2D eigenvalue weighted by Crippen LogP contribution is -2.57. The third-order valence-electron chi connectivity index (χ3n) is 14.9. The minimum absolute atomic E-state index is 0.0232. The fourth-order valence-electron chi connectivity index (χ4n) is 11.4. The minimum Gasteiger partial charge on any atom is -0.375 e. The number of aryl methyl sites for hydroxylation is 1. The highest BCUT2D eigenvalue weighted by Gasteiger charge is 2.45. The zero-order valence-electron chi connectivity index (χ0n) is 40.6. The predicted octanol–water partition coefficient (Wildman–Crippen LogP) is 15.7. The van der Waals surface area contributed by atoms with Gasteiger partial charge < -0.3 is 13.9 Å². The van der Waals surface area contributed by atoms with E-state index in [1.165, 1.54) is 111 Å². The first kappa shape index (κ1) is 41.4. The van der Waals surface area contributed by atoms with Gasteiger partial charge in [-0.1, -0.05) is 178 Å². The van der Waals surface area contributed by atoms with Crippen LogP contribution >= 0.6 is 0 Å². The molecule has 0 N–H and O–H groups in total. The van der Waals surface area contributed by atoms with Crippen LogP contribution in [-0.4, -0.2) is 15.9 Å². The zero-order valence-corrected chi connectivity index (χ0v) is 40.6. The van der Waals surface area contributed by atoms with Gasteiger partial charge in [-0.2, -0.15) is 0 Å². The van der Waals surface area contributed by atoms with Gasteiger partial charge in [-0.05, 0) is 128 Å². The zero-order chi connectivity index (χ0) is 46.3. The van der Waals surface area contributed by atoms with E-state index in [2.05, 4.69) is 253 Å². The molecule has 0 saturated heterocycles. The van der Waals surface area contributed by atoms with E-state index in [0.29, 0.717) is 0 Å². The Hall–Kier alpha value is -7.04. The number of rotatable bonds is 4. The van der Waals surface area contributed by atoms with Crippen molar-refractivity contribution in [1.29, 1.82) is 0 Å². The molecule has 3 nitrogen and oxygen atoms in total. The monoisotopic (exact) mass is 867 g/mol. The molecule has 10 aromatic rings. The summed E-state index contributed by atoms with van der Waals surface area (Å²) in [5, 5.41) is 3.84. The van der Waals surface area contributed by atoms with E-state index >= 15 is 0 Å². The number of fused-ring (bicyclic) bond motifs is 7. The highest BCUT2D eigenvalue weighted by molar-refractivity contribution is 6.89. The van der Waals surface area contributed by atoms with Crippen LogP contribution in [0.3, 0.4) is 0 Å². The van der Waals surface area contributed by atoms with E-state index in [-0.39, 0.29) is 23.1 Å². The molecule has 0 saturated carbocycles. The number of benzene rings is 8. The first-order chi connectivity index (χ1) is 32.1. The topological polar surface area (TPSA) is 13.1 Å². The number of nitrogens with zero attached hydrogens (tertiary/aromatic N) is 3. The van der Waals surface area contributed by atoms with Crippen LogP contribution in [0.15, 0.2) is 170 Å². The standard InChI is InChI=1S/C63H58BN3/c1-39-20-14-15-23-46(39)57-51-36-42(62(5,6)7)35-50-49-34-43(63(8,9)10)37-56-58(49)64(67(60(50)51)59(57)40-21-12-11-13-22-40)52-33-32-45(38-55(52)65(56)44-30-28-41(29-31-44)61(2,3)4)66-53-26-18-16-24-47(53)48-25-17-19-27-54(48)66/h11-38H,1-10H3. The molecule has 0 unspecified atom stereocenters. The van der Waals surface area contributed by atoms with E-state index in [1.54, 1.807) is 0 Å². The van der Waals surface area contributed by atoms with Gasteiger partial charge in [0, 0.05) is 61.2 Å². The fourth-order valence-corrected chi connectivity index (χ4v) is 11.4. The van der Waals surface area contributed by atoms with Crippen LogP contribution in [0.5, 0.6) is 0 Å². The predicted molar refractivity (Wildman–Crippen MR) is 289 cm³/mol. The molecule has 0 atom stereocenters. The third kappa shape index (κ3) is 6.25. The van der Waals surface area contributed by atoms with Gasteiger partial charge in [0.1, 0.15) is 0 Å². The Labute approximate surface area is 396 Å². The molecule has 8 aromatic carbocycles. The maximum atomic E-state index is 2.76. The van der Waals surface area contributed by atoms with Crippen LogP contribution in [0.2, 0.25) is 0 Å². The molecule has 2 aliphatic rings. The number of hydrogen-bond acceptors (Lipinski definition) is 1. The van der Waals surface area contributed by atoms with Crippen molar-refractivity contribution in [2.45, 2.75) is 85.5 Å². The van der Waals surface area contributed by atoms with Crippen LogP contribution in [0, 0.1) is 6.92 Å². The summed E-state index contributed by atoms with van der Waals surface area (Å²) < 4.78 is 5.23. The first-order valence-corrected chi connectivity index (χ1v) is 24.1. The van der Waals surface area contributed by atoms with Crippen LogP contribution in [0.1, 0.15) is 84.6 Å². The van der Waals surface area contributed by atoms with Crippen LogP contribution < -0.4 is 15.8 Å². The molecule has 328 valence electrons. The Kier molecular flexibility index (Phi) is 8.95. The van der Waals surface area contributed by atoms with Crippen molar-refractivity contribution < 1.29 is 0 Å². The van der Waals surface area contributed by atoms with Gasteiger partial charge in [0.2, 0.25) is 0 Å². The maximum Gasteiger partial charge on any atom is 0.333 e. The van der Waals surface area contributed by atoms with Gasteiger partial charge in [0.05, 0.1) is 11.0 Å². The van der Waals surface area contributed by atoms with Crippen LogP contribution in [-0.2, 0) is 16.2 Å². The molecule has 4 heterocycles. The molecule has 0 bridgehead atoms. The van der Waals surface area contributed by atoms with E-state index < -0.39 is 0 Å². The van der Waals surface area contributed by atoms with Gasteiger partial charge in [-0.15, -0.1) is 0 Å². The molecule has 0 aliphatic carbocycles. The van der Waals surface area contributed by atoms with Crippen molar-refractivity contribution in [3.63, 3.8) is 0 Å². The van der Waals surface area contributed by atoms with Crippen molar-refractivity contribution in [3.8, 4) is 39.2 Å². The molecule has 0 fully saturated rings. The van der Waals surface area contributed by atoms with Crippen molar-refractivity contribution in [2.75, 3.05) is 4.90 Å². The number of aromatic nitrogens is 2. The second kappa shape index (κ2) is 14.5. The lowest BCUT2D eigenvalue weighted by Gasteiger charge is -2.42. The molecule has 4 heteroatoms. The lowest BCUT2D eigenvalue weighted by molar-refractivity contribution is 0.589. The Morgan fingerprint density at radius 1 is 0.433 bits per heavy atom. The van der Waals surface area contributed by atoms with Crippen molar-refractivity contribution in [1.82, 2.24) is 9.05 Å². The number of anilines is 3.